The molecule has 21 heavy (non-hydrogen) atoms. The Hall–Kier alpha value is -1.97. The molecule has 1 fully saturated rings. The van der Waals surface area contributed by atoms with E-state index in [1.165, 1.54) is 25.7 Å². The summed E-state index contributed by atoms with van der Waals surface area (Å²) in [5.74, 6) is 2.19. The lowest BCUT2D eigenvalue weighted by molar-refractivity contribution is 0.695. The SMILES string of the molecule is CNc1cc(C2CCCC2)nc(-c2ncc(C)cc2C)n1. The molecule has 1 saturated carbocycles. The third kappa shape index (κ3) is 2.89. The molecule has 1 aliphatic carbocycles. The first-order valence-electron chi connectivity index (χ1n) is 7.67. The van der Waals surface area contributed by atoms with Gasteiger partial charge in [-0.15, -0.1) is 0 Å². The molecule has 0 saturated heterocycles. The summed E-state index contributed by atoms with van der Waals surface area (Å²) in [4.78, 5) is 13.9. The van der Waals surface area contributed by atoms with E-state index < -0.39 is 0 Å². The molecule has 2 aromatic rings. The predicted octanol–water partition coefficient (Wildman–Crippen LogP) is 3.85. The first-order chi connectivity index (χ1) is 10.2. The van der Waals surface area contributed by atoms with Gasteiger partial charge in [0.15, 0.2) is 5.82 Å². The largest absolute Gasteiger partial charge is 0.373 e. The van der Waals surface area contributed by atoms with E-state index in [0.717, 1.165) is 34.2 Å². The highest BCUT2D eigenvalue weighted by Crippen LogP contribution is 2.34. The van der Waals surface area contributed by atoms with E-state index >= 15 is 0 Å². The molecule has 110 valence electrons. The lowest BCUT2D eigenvalue weighted by Gasteiger charge is -2.13. The van der Waals surface area contributed by atoms with Crippen LogP contribution in [0.3, 0.4) is 0 Å². The number of hydrogen-bond donors (Lipinski definition) is 1. The van der Waals surface area contributed by atoms with Crippen molar-refractivity contribution in [2.75, 3.05) is 12.4 Å². The van der Waals surface area contributed by atoms with Crippen molar-refractivity contribution in [3.63, 3.8) is 0 Å². The Bertz CT molecular complexity index is 645. The maximum Gasteiger partial charge on any atom is 0.180 e. The molecule has 0 amide bonds. The average Bonchev–Trinajstić information content (AvgIpc) is 3.01. The number of anilines is 1. The monoisotopic (exact) mass is 282 g/mol. The molecule has 1 N–H and O–H groups in total. The zero-order valence-corrected chi connectivity index (χ0v) is 13.0. The summed E-state index contributed by atoms with van der Waals surface area (Å²) < 4.78 is 0. The van der Waals surface area contributed by atoms with Crippen molar-refractivity contribution in [1.82, 2.24) is 15.0 Å². The number of rotatable bonds is 3. The Labute approximate surface area is 126 Å². The fourth-order valence-electron chi connectivity index (χ4n) is 3.08. The van der Waals surface area contributed by atoms with Crippen LogP contribution in [0.4, 0.5) is 5.82 Å². The van der Waals surface area contributed by atoms with Crippen molar-refractivity contribution < 1.29 is 0 Å². The van der Waals surface area contributed by atoms with Crippen molar-refractivity contribution >= 4 is 5.82 Å². The summed E-state index contributed by atoms with van der Waals surface area (Å²) in [6.45, 7) is 4.12. The van der Waals surface area contributed by atoms with Gasteiger partial charge in [-0.1, -0.05) is 18.9 Å². The molecule has 0 atom stereocenters. The highest BCUT2D eigenvalue weighted by Gasteiger charge is 2.20. The van der Waals surface area contributed by atoms with Crippen molar-refractivity contribution in [2.24, 2.45) is 0 Å². The fraction of sp³-hybridized carbons (Fsp3) is 0.471. The number of hydrogen-bond acceptors (Lipinski definition) is 4. The van der Waals surface area contributed by atoms with Crippen LogP contribution in [0.2, 0.25) is 0 Å². The van der Waals surface area contributed by atoms with Crippen LogP contribution in [-0.2, 0) is 0 Å². The Morgan fingerprint density at radius 1 is 1.10 bits per heavy atom. The second kappa shape index (κ2) is 5.80. The van der Waals surface area contributed by atoms with Crippen LogP contribution in [-0.4, -0.2) is 22.0 Å². The zero-order chi connectivity index (χ0) is 14.8. The maximum atomic E-state index is 4.81. The van der Waals surface area contributed by atoms with Crippen LogP contribution in [0.1, 0.15) is 48.4 Å². The molecular weight excluding hydrogens is 260 g/mol. The van der Waals surface area contributed by atoms with Crippen LogP contribution >= 0.6 is 0 Å². The Kier molecular flexibility index (Phi) is 3.86. The first-order valence-corrected chi connectivity index (χ1v) is 7.67. The van der Waals surface area contributed by atoms with Gasteiger partial charge in [0.2, 0.25) is 0 Å². The molecule has 4 nitrogen and oxygen atoms in total. The normalized spacial score (nSPS) is 15.4. The lowest BCUT2D eigenvalue weighted by Crippen LogP contribution is -2.05. The van der Waals surface area contributed by atoms with Gasteiger partial charge >= 0.3 is 0 Å². The van der Waals surface area contributed by atoms with Crippen LogP contribution in [0.25, 0.3) is 11.5 Å². The number of aromatic nitrogens is 3. The van der Waals surface area contributed by atoms with Gasteiger partial charge in [0.1, 0.15) is 11.5 Å². The summed E-state index contributed by atoms with van der Waals surface area (Å²) in [6, 6.07) is 4.22. The minimum atomic E-state index is 0.574. The quantitative estimate of drug-likeness (QED) is 0.929. The summed E-state index contributed by atoms with van der Waals surface area (Å²) in [5.41, 5.74) is 4.33. The molecule has 1 aliphatic rings. The van der Waals surface area contributed by atoms with Gasteiger partial charge < -0.3 is 5.32 Å². The second-order valence-corrected chi connectivity index (χ2v) is 5.91. The van der Waals surface area contributed by atoms with Crippen LogP contribution in [0.15, 0.2) is 18.3 Å². The standard InChI is InChI=1S/C17H22N4/c1-11-8-12(2)16(19-10-11)17-20-14(9-15(18-3)21-17)13-6-4-5-7-13/h8-10,13H,4-7H2,1-3H3,(H,18,20,21). The highest BCUT2D eigenvalue weighted by molar-refractivity contribution is 5.57. The third-order valence-corrected chi connectivity index (χ3v) is 4.20. The van der Waals surface area contributed by atoms with Gasteiger partial charge in [0, 0.05) is 30.9 Å². The summed E-state index contributed by atoms with van der Waals surface area (Å²) >= 11 is 0. The van der Waals surface area contributed by atoms with Crippen molar-refractivity contribution in [3.05, 3.63) is 35.2 Å². The molecule has 2 heterocycles. The Morgan fingerprint density at radius 3 is 2.52 bits per heavy atom. The van der Waals surface area contributed by atoms with E-state index in [0.29, 0.717) is 5.92 Å². The second-order valence-electron chi connectivity index (χ2n) is 5.91. The maximum absolute atomic E-state index is 4.81. The summed E-state index contributed by atoms with van der Waals surface area (Å²) in [6.07, 6.45) is 6.97. The molecule has 0 unspecified atom stereocenters. The summed E-state index contributed by atoms with van der Waals surface area (Å²) in [7, 11) is 1.90. The van der Waals surface area contributed by atoms with Gasteiger partial charge in [0.25, 0.3) is 0 Å². The van der Waals surface area contributed by atoms with Gasteiger partial charge in [-0.2, -0.15) is 0 Å². The van der Waals surface area contributed by atoms with Crippen molar-refractivity contribution in [3.8, 4) is 11.5 Å². The minimum Gasteiger partial charge on any atom is -0.373 e. The van der Waals surface area contributed by atoms with E-state index in [4.69, 9.17) is 4.98 Å². The van der Waals surface area contributed by atoms with Gasteiger partial charge in [-0.25, -0.2) is 9.97 Å². The first kappa shape index (κ1) is 14.0. The number of aryl methyl sites for hydroxylation is 2. The molecule has 2 aromatic heterocycles. The van der Waals surface area contributed by atoms with Gasteiger partial charge in [0.05, 0.1) is 0 Å². The lowest BCUT2D eigenvalue weighted by atomic mass is 10.0. The summed E-state index contributed by atoms with van der Waals surface area (Å²) in [5, 5.41) is 3.15. The van der Waals surface area contributed by atoms with E-state index in [2.05, 4.69) is 41.3 Å². The van der Waals surface area contributed by atoms with E-state index in [-0.39, 0.29) is 0 Å². The molecule has 0 aliphatic heterocycles. The molecule has 3 rings (SSSR count). The third-order valence-electron chi connectivity index (χ3n) is 4.20. The van der Waals surface area contributed by atoms with E-state index in [1.54, 1.807) is 0 Å². The van der Waals surface area contributed by atoms with Crippen LogP contribution < -0.4 is 5.32 Å². The highest BCUT2D eigenvalue weighted by atomic mass is 15.0. The van der Waals surface area contributed by atoms with Gasteiger partial charge in [-0.3, -0.25) is 4.98 Å². The van der Waals surface area contributed by atoms with Crippen LogP contribution in [0.5, 0.6) is 0 Å². The molecule has 0 bridgehead atoms. The molecule has 0 aromatic carbocycles. The molecular formula is C17H22N4. The Morgan fingerprint density at radius 2 is 1.86 bits per heavy atom. The predicted molar refractivity (Wildman–Crippen MR) is 85.5 cm³/mol. The Balaban J connectivity index is 2.06. The number of pyridine rings is 1. The minimum absolute atomic E-state index is 0.574. The number of nitrogens with zero attached hydrogens (tertiary/aromatic N) is 3. The fourth-order valence-corrected chi connectivity index (χ4v) is 3.08. The van der Waals surface area contributed by atoms with Crippen molar-refractivity contribution in [1.29, 1.82) is 0 Å². The van der Waals surface area contributed by atoms with Crippen molar-refractivity contribution in [2.45, 2.75) is 45.4 Å². The topological polar surface area (TPSA) is 50.7 Å². The molecule has 4 heteroatoms. The average molecular weight is 282 g/mol. The van der Waals surface area contributed by atoms with Crippen LogP contribution in [0, 0.1) is 13.8 Å². The zero-order valence-electron chi connectivity index (χ0n) is 13.0. The molecule has 0 radical (unpaired) electrons. The van der Waals surface area contributed by atoms with Gasteiger partial charge in [-0.05, 0) is 37.8 Å². The number of nitrogens with one attached hydrogen (secondary N) is 1. The van der Waals surface area contributed by atoms with E-state index in [1.807, 2.05) is 13.2 Å². The molecule has 0 spiro atoms. The smallest absolute Gasteiger partial charge is 0.180 e. The van der Waals surface area contributed by atoms with E-state index in [9.17, 15) is 0 Å².